The number of hydrogen-bond acceptors (Lipinski definition) is 7. The van der Waals surface area contributed by atoms with Crippen LogP contribution in [0.25, 0.3) is 22.3 Å². The number of ether oxygens (including phenoxy) is 1. The van der Waals surface area contributed by atoms with Gasteiger partial charge < -0.3 is 19.5 Å². The average molecular weight is 430 g/mol. The minimum Gasteiger partial charge on any atom is -0.495 e. The fourth-order valence-electron chi connectivity index (χ4n) is 4.27. The second kappa shape index (κ2) is 7.47. The highest BCUT2D eigenvalue weighted by Gasteiger charge is 2.36. The molecule has 4 heterocycles. The minimum atomic E-state index is 0.300. The Hall–Kier alpha value is -3.68. The Labute approximate surface area is 187 Å². The maximum absolute atomic E-state index is 5.64. The van der Waals surface area contributed by atoms with Gasteiger partial charge in [0.2, 0.25) is 5.95 Å². The van der Waals surface area contributed by atoms with Gasteiger partial charge in [-0.15, -0.1) is 0 Å². The summed E-state index contributed by atoms with van der Waals surface area (Å²) in [4.78, 5) is 20.9. The Morgan fingerprint density at radius 1 is 1.09 bits per heavy atom. The summed E-state index contributed by atoms with van der Waals surface area (Å²) in [6.07, 6.45) is 5.55. The number of imidazole rings is 1. The van der Waals surface area contributed by atoms with E-state index in [0.29, 0.717) is 17.1 Å². The molecule has 164 valence electrons. The fourth-order valence-corrected chi connectivity index (χ4v) is 4.27. The van der Waals surface area contributed by atoms with Crippen LogP contribution in [0.4, 0.5) is 17.5 Å². The average Bonchev–Trinajstić information content (AvgIpc) is 3.17. The van der Waals surface area contributed by atoms with Gasteiger partial charge in [0, 0.05) is 55.4 Å². The van der Waals surface area contributed by atoms with Gasteiger partial charge in [0.05, 0.1) is 12.8 Å². The number of pyridine rings is 1. The van der Waals surface area contributed by atoms with Crippen LogP contribution in [0.15, 0.2) is 42.9 Å². The second-order valence-corrected chi connectivity index (χ2v) is 9.14. The van der Waals surface area contributed by atoms with Gasteiger partial charge >= 0.3 is 0 Å². The van der Waals surface area contributed by atoms with Crippen LogP contribution >= 0.6 is 0 Å². The maximum atomic E-state index is 5.64. The van der Waals surface area contributed by atoms with Crippen LogP contribution in [0, 0.1) is 12.3 Å². The highest BCUT2D eigenvalue weighted by Crippen LogP contribution is 2.36. The van der Waals surface area contributed by atoms with Crippen molar-refractivity contribution in [3.8, 4) is 17.1 Å². The summed E-state index contributed by atoms with van der Waals surface area (Å²) in [7, 11) is 3.62. The lowest BCUT2D eigenvalue weighted by atomic mass is 9.84. The molecule has 1 aliphatic rings. The highest BCUT2D eigenvalue weighted by molar-refractivity contribution is 5.90. The molecule has 1 saturated heterocycles. The van der Waals surface area contributed by atoms with Crippen LogP contribution in [-0.4, -0.2) is 44.7 Å². The second-order valence-electron chi connectivity index (χ2n) is 9.14. The Morgan fingerprint density at radius 3 is 2.59 bits per heavy atom. The molecule has 0 saturated carbocycles. The molecule has 0 unspecified atom stereocenters. The zero-order chi connectivity index (χ0) is 22.5. The number of nitrogens with zero attached hydrogens (tertiary/aromatic N) is 6. The highest BCUT2D eigenvalue weighted by atomic mass is 16.5. The molecule has 0 spiro atoms. The topological polar surface area (TPSA) is 81.0 Å². The molecular weight excluding hydrogens is 402 g/mol. The first-order chi connectivity index (χ1) is 15.3. The number of aromatic nitrogens is 5. The minimum absolute atomic E-state index is 0.300. The molecular formula is C24H27N7O. The van der Waals surface area contributed by atoms with Gasteiger partial charge in [-0.3, -0.25) is 0 Å². The Bertz CT molecular complexity index is 1300. The molecule has 8 nitrogen and oxygen atoms in total. The van der Waals surface area contributed by atoms with E-state index in [4.69, 9.17) is 14.7 Å². The molecule has 32 heavy (non-hydrogen) atoms. The molecule has 8 heteroatoms. The normalized spacial score (nSPS) is 15.0. The van der Waals surface area contributed by atoms with Gasteiger partial charge in [-0.2, -0.15) is 0 Å². The Balaban J connectivity index is 1.49. The van der Waals surface area contributed by atoms with E-state index in [1.807, 2.05) is 55.2 Å². The molecule has 1 aromatic carbocycles. The molecule has 0 amide bonds. The third-order valence-electron chi connectivity index (χ3n) is 5.74. The quantitative estimate of drug-likeness (QED) is 0.506. The van der Waals surface area contributed by atoms with E-state index in [-0.39, 0.29) is 0 Å². The van der Waals surface area contributed by atoms with Crippen LogP contribution in [0.1, 0.15) is 19.5 Å². The van der Waals surface area contributed by atoms with Crippen molar-refractivity contribution in [3.05, 3.63) is 48.5 Å². The third-order valence-corrected chi connectivity index (χ3v) is 5.74. The smallest absolute Gasteiger partial charge is 0.227 e. The number of rotatable bonds is 5. The zero-order valence-corrected chi connectivity index (χ0v) is 19.0. The Morgan fingerprint density at radius 2 is 1.91 bits per heavy atom. The van der Waals surface area contributed by atoms with Crippen LogP contribution in [0.5, 0.6) is 5.75 Å². The van der Waals surface area contributed by atoms with E-state index in [1.54, 1.807) is 13.3 Å². The van der Waals surface area contributed by atoms with Gasteiger partial charge in [0.25, 0.3) is 0 Å². The number of anilines is 3. The van der Waals surface area contributed by atoms with E-state index in [0.717, 1.165) is 52.6 Å². The first kappa shape index (κ1) is 20.2. The largest absolute Gasteiger partial charge is 0.495 e. The predicted octanol–water partition coefficient (Wildman–Crippen LogP) is 4.33. The molecule has 1 aliphatic heterocycles. The molecule has 4 aromatic rings. The number of aryl methyl sites for hydroxylation is 2. The summed E-state index contributed by atoms with van der Waals surface area (Å²) in [6.45, 7) is 8.48. The van der Waals surface area contributed by atoms with Crippen LogP contribution in [-0.2, 0) is 7.05 Å². The zero-order valence-electron chi connectivity index (χ0n) is 19.0. The van der Waals surface area contributed by atoms with Crippen LogP contribution in [0.2, 0.25) is 0 Å². The van der Waals surface area contributed by atoms with Gasteiger partial charge in [0.1, 0.15) is 17.1 Å². The van der Waals surface area contributed by atoms with Crippen molar-refractivity contribution in [3.63, 3.8) is 0 Å². The monoisotopic (exact) mass is 429 g/mol. The molecule has 0 aliphatic carbocycles. The van der Waals surface area contributed by atoms with E-state index >= 15 is 0 Å². The van der Waals surface area contributed by atoms with Crippen molar-refractivity contribution < 1.29 is 4.74 Å². The first-order valence-electron chi connectivity index (χ1n) is 10.6. The number of hydrogen-bond donors (Lipinski definition) is 1. The van der Waals surface area contributed by atoms with E-state index in [9.17, 15) is 0 Å². The summed E-state index contributed by atoms with van der Waals surface area (Å²) in [6, 6.07) is 7.95. The lowest BCUT2D eigenvalue weighted by molar-refractivity contribution is 0.275. The van der Waals surface area contributed by atoms with Crippen molar-refractivity contribution >= 4 is 28.4 Å². The van der Waals surface area contributed by atoms with Gasteiger partial charge in [0.15, 0.2) is 5.82 Å². The number of fused-ring (bicyclic) bond motifs is 1. The van der Waals surface area contributed by atoms with E-state index in [2.05, 4.69) is 34.0 Å². The molecule has 0 bridgehead atoms. The van der Waals surface area contributed by atoms with Gasteiger partial charge in [-0.05, 0) is 36.6 Å². The molecule has 1 fully saturated rings. The van der Waals surface area contributed by atoms with Crippen molar-refractivity contribution in [2.75, 3.05) is 30.4 Å². The van der Waals surface area contributed by atoms with Crippen molar-refractivity contribution in [1.82, 2.24) is 24.5 Å². The summed E-state index contributed by atoms with van der Waals surface area (Å²) in [5, 5.41) is 4.30. The summed E-state index contributed by atoms with van der Waals surface area (Å²) in [5.41, 5.74) is 3.88. The molecule has 5 rings (SSSR count). The summed E-state index contributed by atoms with van der Waals surface area (Å²) < 4.78 is 7.61. The fraction of sp³-hybridized carbons (Fsp3) is 0.333. The number of benzene rings is 1. The number of methoxy groups -OCH3 is 1. The van der Waals surface area contributed by atoms with Crippen LogP contribution < -0.4 is 15.0 Å². The van der Waals surface area contributed by atoms with Crippen molar-refractivity contribution in [2.45, 2.75) is 20.8 Å². The van der Waals surface area contributed by atoms with Crippen molar-refractivity contribution in [2.24, 2.45) is 12.5 Å². The molecule has 3 aromatic heterocycles. The lowest BCUT2D eigenvalue weighted by Gasteiger charge is -2.46. The standard InChI is InChI=1S/C24H27N7O/c1-15-10-17-12-26-23(29-20(17)22(27-15)31-13-24(2,3)14-31)28-18-7-6-16(11-19(18)32-5)21-25-8-9-30(21)4/h6-12H,13-14H2,1-5H3,(H,26,28,29). The number of nitrogens with one attached hydrogen (secondary N) is 1. The third kappa shape index (κ3) is 3.62. The predicted molar refractivity (Wildman–Crippen MR) is 127 cm³/mol. The first-order valence-corrected chi connectivity index (χ1v) is 10.6. The van der Waals surface area contributed by atoms with Gasteiger partial charge in [-0.1, -0.05) is 13.8 Å². The van der Waals surface area contributed by atoms with E-state index < -0.39 is 0 Å². The SMILES string of the molecule is COc1cc(-c2nccn2C)ccc1Nc1ncc2cc(C)nc(N3CC(C)(C)C3)c2n1. The molecule has 0 atom stereocenters. The maximum Gasteiger partial charge on any atom is 0.227 e. The molecule has 1 N–H and O–H groups in total. The molecule has 0 radical (unpaired) electrons. The van der Waals surface area contributed by atoms with E-state index in [1.165, 1.54) is 0 Å². The summed E-state index contributed by atoms with van der Waals surface area (Å²) in [5.74, 6) is 3.00. The Kier molecular flexibility index (Phi) is 4.73. The lowest BCUT2D eigenvalue weighted by Crippen LogP contribution is -2.53. The van der Waals surface area contributed by atoms with Crippen molar-refractivity contribution in [1.29, 1.82) is 0 Å². The van der Waals surface area contributed by atoms with Gasteiger partial charge in [-0.25, -0.2) is 19.9 Å². The summed E-state index contributed by atoms with van der Waals surface area (Å²) >= 11 is 0. The van der Waals surface area contributed by atoms with Crippen LogP contribution in [0.3, 0.4) is 0 Å².